The highest BCUT2D eigenvalue weighted by atomic mass is 14.4. The lowest BCUT2D eigenvalue weighted by Gasteiger charge is -2.36. The van der Waals surface area contributed by atoms with E-state index in [9.17, 15) is 0 Å². The lowest BCUT2D eigenvalue weighted by Crippen LogP contribution is -2.24. The van der Waals surface area contributed by atoms with Crippen molar-refractivity contribution in [3.8, 4) is 11.1 Å². The predicted octanol–water partition coefficient (Wildman–Crippen LogP) is 8.02. The minimum absolute atomic E-state index is 0.0273. The summed E-state index contributed by atoms with van der Waals surface area (Å²) in [6, 6.07) is 27.6. The lowest BCUT2D eigenvalue weighted by atomic mass is 9.67. The first kappa shape index (κ1) is 16.4. The van der Waals surface area contributed by atoms with Gasteiger partial charge in [0.25, 0.3) is 0 Å². The molecule has 0 radical (unpaired) electrons. The Kier molecular flexibility index (Phi) is 2.96. The number of hydrogen-bond acceptors (Lipinski definition) is 0. The number of hydrogen-bond donors (Lipinski definition) is 0. The smallest absolute Gasteiger partial charge is 0.0159 e. The van der Waals surface area contributed by atoms with E-state index >= 15 is 0 Å². The van der Waals surface area contributed by atoms with E-state index in [1.165, 1.54) is 65.7 Å². The highest BCUT2D eigenvalue weighted by Gasteiger charge is 2.34. The summed E-state index contributed by atoms with van der Waals surface area (Å²) in [5, 5.41) is 8.26. The van der Waals surface area contributed by atoms with Crippen molar-refractivity contribution in [2.75, 3.05) is 0 Å². The van der Waals surface area contributed by atoms with Crippen LogP contribution in [0.15, 0.2) is 78.9 Å². The molecule has 7 rings (SSSR count). The van der Waals surface area contributed by atoms with Crippen LogP contribution in [-0.2, 0) is 11.8 Å². The Hall–Kier alpha value is -3.38. The molecule has 5 aromatic carbocycles. The van der Waals surface area contributed by atoms with Crippen LogP contribution < -0.4 is 0 Å². The van der Waals surface area contributed by atoms with E-state index in [-0.39, 0.29) is 5.41 Å². The molecule has 0 unspecified atom stereocenters. The minimum Gasteiger partial charge on any atom is -0.0795 e. The van der Waals surface area contributed by atoms with E-state index < -0.39 is 0 Å². The van der Waals surface area contributed by atoms with Gasteiger partial charge in [-0.15, -0.1) is 0 Å². The van der Waals surface area contributed by atoms with E-state index in [0.29, 0.717) is 0 Å². The number of fused-ring (bicyclic) bond motifs is 5. The topological polar surface area (TPSA) is 0 Å². The molecule has 0 N–H and O–H groups in total. The highest BCUT2D eigenvalue weighted by molar-refractivity contribution is 6.13. The molecule has 0 saturated heterocycles. The minimum atomic E-state index is -0.0273. The largest absolute Gasteiger partial charge is 0.0795 e. The molecule has 0 spiro atoms. The van der Waals surface area contributed by atoms with Gasteiger partial charge in [-0.25, -0.2) is 0 Å². The first-order chi connectivity index (χ1) is 14.6. The molecule has 0 bridgehead atoms. The van der Waals surface area contributed by atoms with Crippen LogP contribution in [0.5, 0.6) is 0 Å². The first-order valence-electron chi connectivity index (χ1n) is 10.8. The summed E-state index contributed by atoms with van der Waals surface area (Å²) < 4.78 is 0. The quantitative estimate of drug-likeness (QED) is 0.238. The van der Waals surface area contributed by atoms with Crippen molar-refractivity contribution in [2.45, 2.75) is 25.7 Å². The molecule has 2 aliphatic rings. The van der Waals surface area contributed by atoms with Crippen LogP contribution in [-0.4, -0.2) is 0 Å². The zero-order valence-corrected chi connectivity index (χ0v) is 17.3. The van der Waals surface area contributed by atoms with E-state index in [4.69, 9.17) is 0 Å². The summed E-state index contributed by atoms with van der Waals surface area (Å²) in [4.78, 5) is 0. The fraction of sp³-hybridized carbons (Fsp3) is 0.133. The molecular formula is C30H22. The van der Waals surface area contributed by atoms with Crippen LogP contribution >= 0.6 is 0 Å². The number of rotatable bonds is 0. The van der Waals surface area contributed by atoms with E-state index in [1.54, 1.807) is 0 Å². The highest BCUT2D eigenvalue weighted by Crippen LogP contribution is 2.51. The average molecular weight is 383 g/mol. The van der Waals surface area contributed by atoms with E-state index in [1.807, 2.05) is 0 Å². The lowest BCUT2D eigenvalue weighted by molar-refractivity contribution is 0.646. The first-order valence-corrected chi connectivity index (χ1v) is 10.8. The fourth-order valence-corrected chi connectivity index (χ4v) is 5.90. The van der Waals surface area contributed by atoms with Gasteiger partial charge in [0, 0.05) is 5.41 Å². The van der Waals surface area contributed by atoms with Gasteiger partial charge >= 0.3 is 0 Å². The maximum atomic E-state index is 2.46. The third kappa shape index (κ3) is 1.92. The summed E-state index contributed by atoms with van der Waals surface area (Å²) in [6.07, 6.45) is 5.62. The Morgan fingerprint density at radius 3 is 2.47 bits per heavy atom. The monoisotopic (exact) mass is 382 g/mol. The van der Waals surface area contributed by atoms with Crippen LogP contribution in [0.1, 0.15) is 36.1 Å². The molecule has 0 aromatic heterocycles. The third-order valence-corrected chi connectivity index (χ3v) is 7.43. The Morgan fingerprint density at radius 1 is 0.667 bits per heavy atom. The molecule has 0 fully saturated rings. The Morgan fingerprint density at radius 2 is 1.53 bits per heavy atom. The van der Waals surface area contributed by atoms with Crippen LogP contribution in [0.4, 0.5) is 0 Å². The summed E-state index contributed by atoms with van der Waals surface area (Å²) in [5.41, 5.74) is 8.48. The van der Waals surface area contributed by atoms with Crippen LogP contribution in [0.25, 0.3) is 49.5 Å². The molecule has 5 aromatic rings. The molecule has 2 aliphatic carbocycles. The van der Waals surface area contributed by atoms with Gasteiger partial charge in [-0.2, -0.15) is 0 Å². The normalized spacial score (nSPS) is 15.7. The van der Waals surface area contributed by atoms with Gasteiger partial charge < -0.3 is 0 Å². The molecule has 0 saturated carbocycles. The van der Waals surface area contributed by atoms with Gasteiger partial charge in [0.15, 0.2) is 0 Å². The van der Waals surface area contributed by atoms with Crippen LogP contribution in [0.2, 0.25) is 0 Å². The molecule has 0 heterocycles. The molecule has 0 heteroatoms. The zero-order valence-electron chi connectivity index (χ0n) is 17.3. The fourth-order valence-electron chi connectivity index (χ4n) is 5.90. The summed E-state index contributed by atoms with van der Waals surface area (Å²) in [7, 11) is 0. The van der Waals surface area contributed by atoms with Gasteiger partial charge in [-0.05, 0) is 84.3 Å². The van der Waals surface area contributed by atoms with Crippen molar-refractivity contribution in [3.63, 3.8) is 0 Å². The summed E-state index contributed by atoms with van der Waals surface area (Å²) in [6.45, 7) is 4.79. The van der Waals surface area contributed by atoms with Crippen molar-refractivity contribution < 1.29 is 0 Å². The molecule has 30 heavy (non-hydrogen) atoms. The summed E-state index contributed by atoms with van der Waals surface area (Å²) in [5.74, 6) is 0. The Labute approximate surface area is 176 Å². The zero-order chi connectivity index (χ0) is 20.0. The Balaban J connectivity index is 1.69. The maximum absolute atomic E-state index is 2.46. The van der Waals surface area contributed by atoms with Gasteiger partial charge in [-0.3, -0.25) is 0 Å². The van der Waals surface area contributed by atoms with E-state index in [2.05, 4.69) is 98.8 Å². The van der Waals surface area contributed by atoms with Crippen molar-refractivity contribution in [1.82, 2.24) is 0 Å². The summed E-state index contributed by atoms with van der Waals surface area (Å²) >= 11 is 0. The standard InChI is InChI=1S/C30H22/c1-30(2)26-15-13-20-8-5-7-19-12-14-23(29(26)28(19)20)25-17-24-21(16-27(25)30)11-10-18-6-3-4-9-22(18)24/h3-6,8-17H,7H2,1-2H3. The van der Waals surface area contributed by atoms with Gasteiger partial charge in [0.05, 0.1) is 0 Å². The Bertz CT molecular complexity index is 1580. The molecule has 0 amide bonds. The molecule has 0 atom stereocenters. The average Bonchev–Trinajstić information content (AvgIpc) is 2.78. The van der Waals surface area contributed by atoms with Crippen LogP contribution in [0, 0.1) is 0 Å². The van der Waals surface area contributed by atoms with Gasteiger partial charge in [-0.1, -0.05) is 86.7 Å². The molecule has 0 nitrogen and oxygen atoms in total. The molecule has 142 valence electrons. The van der Waals surface area contributed by atoms with Crippen molar-refractivity contribution in [3.05, 3.63) is 101 Å². The van der Waals surface area contributed by atoms with Crippen molar-refractivity contribution in [1.29, 1.82) is 0 Å². The van der Waals surface area contributed by atoms with Gasteiger partial charge in [0.1, 0.15) is 0 Å². The predicted molar refractivity (Wildman–Crippen MR) is 129 cm³/mol. The second-order valence-corrected chi connectivity index (χ2v) is 9.36. The number of benzene rings is 5. The van der Waals surface area contributed by atoms with Crippen LogP contribution in [0.3, 0.4) is 0 Å². The maximum Gasteiger partial charge on any atom is 0.0159 e. The molecular weight excluding hydrogens is 360 g/mol. The number of allylic oxidation sites excluding steroid dienone is 1. The van der Waals surface area contributed by atoms with Gasteiger partial charge in [0.2, 0.25) is 0 Å². The second-order valence-electron chi connectivity index (χ2n) is 9.36. The van der Waals surface area contributed by atoms with Crippen molar-refractivity contribution >= 4 is 38.4 Å². The third-order valence-electron chi connectivity index (χ3n) is 7.43. The molecule has 0 aliphatic heterocycles. The van der Waals surface area contributed by atoms with Crippen molar-refractivity contribution in [2.24, 2.45) is 0 Å². The van der Waals surface area contributed by atoms with E-state index in [0.717, 1.165) is 6.42 Å². The second kappa shape index (κ2) is 5.40. The SMILES string of the molecule is CC1(C)c2cc3ccc4ccccc4c3cc2-c2ccc3c4c(ccc1c24)C=CC3.